The second kappa shape index (κ2) is 9.08. The van der Waals surface area contributed by atoms with E-state index in [1.807, 2.05) is 49.4 Å². The van der Waals surface area contributed by atoms with E-state index in [1.54, 1.807) is 23.2 Å². The van der Waals surface area contributed by atoms with Gasteiger partial charge < -0.3 is 25.6 Å². The molecule has 0 spiro atoms. The lowest BCUT2D eigenvalue weighted by molar-refractivity contribution is 0.0988. The van der Waals surface area contributed by atoms with E-state index >= 15 is 0 Å². The molecule has 3 aromatic carbocycles. The zero-order chi connectivity index (χ0) is 27.7. The van der Waals surface area contributed by atoms with Crippen LogP contribution >= 0.6 is 11.6 Å². The van der Waals surface area contributed by atoms with Gasteiger partial charge in [-0.05, 0) is 66.4 Å². The maximum Gasteiger partial charge on any atom is 0.269 e. The summed E-state index contributed by atoms with van der Waals surface area (Å²) in [6, 6.07) is 17.3. The molecule has 40 heavy (non-hydrogen) atoms. The lowest BCUT2D eigenvalue weighted by Gasteiger charge is -2.21. The van der Waals surface area contributed by atoms with Gasteiger partial charge in [0, 0.05) is 63.1 Å². The number of benzene rings is 3. The van der Waals surface area contributed by atoms with Crippen molar-refractivity contribution in [3.8, 4) is 11.1 Å². The average molecular weight is 552 g/mol. The van der Waals surface area contributed by atoms with Crippen molar-refractivity contribution in [1.29, 1.82) is 0 Å². The SMILES string of the molecule is Cc1c(-c2cnc(C(N)=O)c3[nH]c4cc(N5CCC(O)C5)ccc4c23)cccc1N1Cc2cc(Cl)ccc2C1=O. The lowest BCUT2D eigenvalue weighted by atomic mass is 9.95. The van der Waals surface area contributed by atoms with Crippen molar-refractivity contribution in [2.24, 2.45) is 5.73 Å². The highest BCUT2D eigenvalue weighted by Crippen LogP contribution is 2.41. The highest BCUT2D eigenvalue weighted by atomic mass is 35.5. The predicted molar refractivity (Wildman–Crippen MR) is 157 cm³/mol. The summed E-state index contributed by atoms with van der Waals surface area (Å²) in [7, 11) is 0. The number of pyridine rings is 1. The number of nitrogens with one attached hydrogen (secondary N) is 1. The molecule has 5 aromatic rings. The average Bonchev–Trinajstić information content (AvgIpc) is 3.63. The number of carbonyl (C=O) groups is 2. The summed E-state index contributed by atoms with van der Waals surface area (Å²) in [6.07, 6.45) is 2.09. The predicted octanol–water partition coefficient (Wildman–Crippen LogP) is 5.18. The van der Waals surface area contributed by atoms with E-state index in [0.29, 0.717) is 29.2 Å². The fourth-order valence-corrected chi connectivity index (χ4v) is 6.35. The fourth-order valence-electron chi connectivity index (χ4n) is 6.16. The zero-order valence-corrected chi connectivity index (χ0v) is 22.5. The van der Waals surface area contributed by atoms with Crippen LogP contribution in [0.25, 0.3) is 32.9 Å². The minimum atomic E-state index is -0.615. The Bertz CT molecular complexity index is 1880. The molecule has 0 aliphatic carbocycles. The maximum atomic E-state index is 13.3. The molecule has 0 saturated carbocycles. The van der Waals surface area contributed by atoms with Gasteiger partial charge in [-0.15, -0.1) is 0 Å². The van der Waals surface area contributed by atoms with Crippen LogP contribution in [0.15, 0.2) is 60.8 Å². The molecule has 2 aliphatic heterocycles. The summed E-state index contributed by atoms with van der Waals surface area (Å²) in [5.74, 6) is -0.679. The second-order valence-corrected chi connectivity index (χ2v) is 11.0. The highest BCUT2D eigenvalue weighted by molar-refractivity contribution is 6.31. The first-order valence-electron chi connectivity index (χ1n) is 13.2. The van der Waals surface area contributed by atoms with Gasteiger partial charge in [-0.2, -0.15) is 0 Å². The van der Waals surface area contributed by atoms with Crippen molar-refractivity contribution in [2.75, 3.05) is 22.9 Å². The van der Waals surface area contributed by atoms with Gasteiger partial charge in [0.1, 0.15) is 0 Å². The topological polar surface area (TPSA) is 116 Å². The number of primary amides is 1. The molecule has 2 amide bonds. The first-order chi connectivity index (χ1) is 19.3. The lowest BCUT2D eigenvalue weighted by Crippen LogP contribution is -2.24. The van der Waals surface area contributed by atoms with Crippen molar-refractivity contribution < 1.29 is 14.7 Å². The summed E-state index contributed by atoms with van der Waals surface area (Å²) in [4.78, 5) is 37.5. The van der Waals surface area contributed by atoms with Crippen molar-refractivity contribution in [3.05, 3.63) is 88.2 Å². The molecule has 4 heterocycles. The monoisotopic (exact) mass is 551 g/mol. The molecular weight excluding hydrogens is 526 g/mol. The van der Waals surface area contributed by atoms with Gasteiger partial charge in [0.25, 0.3) is 11.8 Å². The van der Waals surface area contributed by atoms with Gasteiger partial charge in [-0.1, -0.05) is 29.8 Å². The van der Waals surface area contributed by atoms with Gasteiger partial charge in [-0.25, -0.2) is 4.98 Å². The van der Waals surface area contributed by atoms with Crippen LogP contribution in [0, 0.1) is 6.92 Å². The molecule has 8 nitrogen and oxygen atoms in total. The van der Waals surface area contributed by atoms with E-state index in [9.17, 15) is 14.7 Å². The number of β-amino-alcohol motifs (C(OH)–C–C–N with tert-alkyl or cyclic N) is 1. The van der Waals surface area contributed by atoms with Gasteiger partial charge in [0.05, 0.1) is 18.2 Å². The van der Waals surface area contributed by atoms with Crippen LogP contribution in [0.4, 0.5) is 11.4 Å². The summed E-state index contributed by atoms with van der Waals surface area (Å²) >= 11 is 6.20. The van der Waals surface area contributed by atoms with Crippen LogP contribution in [0.5, 0.6) is 0 Å². The van der Waals surface area contributed by atoms with E-state index in [1.165, 1.54) is 0 Å². The molecule has 0 radical (unpaired) electrons. The number of nitrogens with two attached hydrogens (primary N) is 1. The molecule has 2 aromatic heterocycles. The number of anilines is 2. The van der Waals surface area contributed by atoms with Gasteiger partial charge >= 0.3 is 0 Å². The molecule has 4 N–H and O–H groups in total. The van der Waals surface area contributed by atoms with Crippen LogP contribution in [0.1, 0.15) is 38.4 Å². The van der Waals surface area contributed by atoms with Crippen molar-refractivity contribution in [1.82, 2.24) is 9.97 Å². The molecule has 1 fully saturated rings. The summed E-state index contributed by atoms with van der Waals surface area (Å²) in [6.45, 7) is 3.80. The Morgan fingerprint density at radius 1 is 1.12 bits per heavy atom. The fraction of sp³-hybridized carbons (Fsp3) is 0.194. The molecule has 9 heteroatoms. The third-order valence-electron chi connectivity index (χ3n) is 8.13. The minimum Gasteiger partial charge on any atom is -0.391 e. The van der Waals surface area contributed by atoms with Crippen molar-refractivity contribution in [3.63, 3.8) is 0 Å². The van der Waals surface area contributed by atoms with Gasteiger partial charge in [-0.3, -0.25) is 9.59 Å². The number of fused-ring (bicyclic) bond motifs is 4. The van der Waals surface area contributed by atoms with Crippen LogP contribution < -0.4 is 15.5 Å². The normalized spacial score (nSPS) is 16.9. The molecule has 2 aliphatic rings. The smallest absolute Gasteiger partial charge is 0.269 e. The van der Waals surface area contributed by atoms with E-state index in [2.05, 4.69) is 14.9 Å². The number of aromatic amines is 1. The number of carbonyl (C=O) groups excluding carboxylic acids is 2. The van der Waals surface area contributed by atoms with Gasteiger partial charge in [0.2, 0.25) is 0 Å². The Hall–Kier alpha value is -4.40. The molecule has 200 valence electrons. The van der Waals surface area contributed by atoms with E-state index < -0.39 is 5.91 Å². The van der Waals surface area contributed by atoms with E-state index in [4.69, 9.17) is 17.3 Å². The first kappa shape index (κ1) is 24.6. The number of hydrogen-bond donors (Lipinski definition) is 3. The molecule has 7 rings (SSSR count). The molecule has 1 unspecified atom stereocenters. The van der Waals surface area contributed by atoms with Crippen molar-refractivity contribution >= 4 is 56.6 Å². The minimum absolute atomic E-state index is 0.0640. The third-order valence-corrected chi connectivity index (χ3v) is 8.37. The number of aliphatic hydroxyl groups is 1. The Morgan fingerprint density at radius 2 is 1.98 bits per heavy atom. The highest BCUT2D eigenvalue weighted by Gasteiger charge is 2.30. The van der Waals surface area contributed by atoms with Crippen LogP contribution in [-0.2, 0) is 6.54 Å². The summed E-state index contributed by atoms with van der Waals surface area (Å²) in [5.41, 5.74) is 13.3. The quantitative estimate of drug-likeness (QED) is 0.285. The van der Waals surface area contributed by atoms with Crippen molar-refractivity contribution in [2.45, 2.75) is 26.0 Å². The summed E-state index contributed by atoms with van der Waals surface area (Å²) in [5, 5.41) is 12.4. The van der Waals surface area contributed by atoms with Crippen LogP contribution in [0.3, 0.4) is 0 Å². The number of H-pyrrole nitrogens is 1. The number of aliphatic hydroxyl groups excluding tert-OH is 1. The Labute approximate surface area is 235 Å². The van der Waals surface area contributed by atoms with Crippen LogP contribution in [0.2, 0.25) is 5.02 Å². The van der Waals surface area contributed by atoms with E-state index in [-0.39, 0.29) is 17.7 Å². The number of rotatable bonds is 4. The molecule has 1 saturated heterocycles. The number of hydrogen-bond acceptors (Lipinski definition) is 5. The number of amides is 2. The van der Waals surface area contributed by atoms with Gasteiger partial charge in [0.15, 0.2) is 5.69 Å². The Balaban J connectivity index is 1.38. The zero-order valence-electron chi connectivity index (χ0n) is 21.7. The maximum absolute atomic E-state index is 13.3. The standard InChI is InChI=1S/C31H26ClN5O3/c1-16-21(3-2-4-26(16)37-14-17-11-18(32)5-7-22(17)31(37)40)24-13-34-29(30(33)39)28-27(24)23-8-6-19(12-25(23)35-28)36-10-9-20(38)15-36/h2-8,11-13,20,35,38H,9-10,14-15H2,1H3,(H2,33,39). The second-order valence-electron chi connectivity index (χ2n) is 10.5. The number of halogens is 1. The molecule has 0 bridgehead atoms. The Kier molecular flexibility index (Phi) is 5.59. The third kappa shape index (κ3) is 3.75. The van der Waals surface area contributed by atoms with E-state index in [0.717, 1.165) is 62.9 Å². The molecule has 1 atom stereocenters. The Morgan fingerprint density at radius 3 is 2.75 bits per heavy atom. The summed E-state index contributed by atoms with van der Waals surface area (Å²) < 4.78 is 0. The molecular formula is C31H26ClN5O3. The van der Waals surface area contributed by atoms with Crippen LogP contribution in [-0.4, -0.2) is 46.1 Å². The largest absolute Gasteiger partial charge is 0.391 e. The first-order valence-corrected chi connectivity index (χ1v) is 13.6. The number of aromatic nitrogens is 2. The number of nitrogens with zero attached hydrogens (tertiary/aromatic N) is 3.